The van der Waals surface area contributed by atoms with E-state index in [-0.39, 0.29) is 40.9 Å². The van der Waals surface area contributed by atoms with Gasteiger partial charge in [-0.2, -0.15) is 5.01 Å². The third-order valence-corrected chi connectivity index (χ3v) is 6.42. The van der Waals surface area contributed by atoms with Crippen LogP contribution in [-0.2, 0) is 9.59 Å². The van der Waals surface area contributed by atoms with Gasteiger partial charge < -0.3 is 4.74 Å². The molecule has 25 heavy (non-hydrogen) atoms. The maximum Gasteiger partial charge on any atom is 0.270 e. The van der Waals surface area contributed by atoms with E-state index >= 15 is 0 Å². The summed E-state index contributed by atoms with van der Waals surface area (Å²) in [6.45, 7) is 0. The van der Waals surface area contributed by atoms with E-state index in [2.05, 4.69) is 17.6 Å². The fourth-order valence-corrected chi connectivity index (χ4v) is 5.10. The lowest BCUT2D eigenvalue weighted by Crippen LogP contribution is -2.47. The third kappa shape index (κ3) is 1.77. The molecule has 3 aliphatic carbocycles. The summed E-state index contributed by atoms with van der Waals surface area (Å²) in [5, 5.41) is 0.949. The van der Waals surface area contributed by atoms with E-state index in [4.69, 9.17) is 4.74 Å². The molecular formula is C19H18N2O4. The molecule has 5 rings (SSSR count). The van der Waals surface area contributed by atoms with Gasteiger partial charge in [-0.1, -0.05) is 12.2 Å². The van der Waals surface area contributed by atoms with Crippen molar-refractivity contribution in [1.82, 2.24) is 10.4 Å². The van der Waals surface area contributed by atoms with Crippen molar-refractivity contribution < 1.29 is 19.1 Å². The number of nitrogens with zero attached hydrogens (tertiary/aromatic N) is 1. The average Bonchev–Trinajstić information content (AvgIpc) is 3.24. The number of imide groups is 1. The molecule has 128 valence electrons. The van der Waals surface area contributed by atoms with Gasteiger partial charge in [0.15, 0.2) is 0 Å². The van der Waals surface area contributed by atoms with Crippen molar-refractivity contribution in [2.45, 2.75) is 12.8 Å². The second-order valence-electron chi connectivity index (χ2n) is 7.40. The Balaban J connectivity index is 1.37. The lowest BCUT2D eigenvalue weighted by Gasteiger charge is -2.22. The van der Waals surface area contributed by atoms with Crippen molar-refractivity contribution in [2.75, 3.05) is 7.11 Å². The van der Waals surface area contributed by atoms with Crippen molar-refractivity contribution in [3.8, 4) is 5.75 Å². The van der Waals surface area contributed by atoms with E-state index < -0.39 is 5.91 Å². The van der Waals surface area contributed by atoms with Gasteiger partial charge in [-0.25, -0.2) is 0 Å². The number of benzene rings is 1. The summed E-state index contributed by atoms with van der Waals surface area (Å²) in [5.74, 6) is -0.659. The van der Waals surface area contributed by atoms with E-state index in [9.17, 15) is 14.4 Å². The molecule has 6 nitrogen and oxygen atoms in total. The largest absolute Gasteiger partial charge is 0.497 e. The van der Waals surface area contributed by atoms with E-state index in [1.54, 1.807) is 31.4 Å². The first kappa shape index (κ1) is 14.7. The molecule has 1 aliphatic heterocycles. The first-order chi connectivity index (χ1) is 12.1. The van der Waals surface area contributed by atoms with Crippen LogP contribution in [0.1, 0.15) is 23.2 Å². The first-order valence-corrected chi connectivity index (χ1v) is 8.58. The summed E-state index contributed by atoms with van der Waals surface area (Å²) in [6.07, 6.45) is 6.42. The fraction of sp³-hybridized carbons (Fsp3) is 0.421. The number of methoxy groups -OCH3 is 1. The van der Waals surface area contributed by atoms with Crippen molar-refractivity contribution in [2.24, 2.45) is 29.1 Å². The van der Waals surface area contributed by atoms with Gasteiger partial charge in [0.25, 0.3) is 17.7 Å². The number of carbonyl (C=O) groups is 3. The van der Waals surface area contributed by atoms with E-state index in [1.165, 1.54) is 0 Å². The minimum atomic E-state index is -0.467. The van der Waals surface area contributed by atoms with Gasteiger partial charge in [-0.3, -0.25) is 19.8 Å². The molecule has 1 N–H and O–H groups in total. The molecule has 2 saturated carbocycles. The molecular weight excluding hydrogens is 320 g/mol. The molecule has 1 saturated heterocycles. The van der Waals surface area contributed by atoms with Gasteiger partial charge in [0.1, 0.15) is 5.75 Å². The van der Waals surface area contributed by atoms with Gasteiger partial charge >= 0.3 is 0 Å². The number of rotatable bonds is 3. The standard InChI is InChI=1S/C19H18N2O4/c1-25-11-4-2-10(3-5-11)16(22)20-21-17(23)14-12-6-7-13(15(14)18(21)24)19(12)8-9-19/h2-7,12-15H,8-9H2,1H3,(H,20,22)/t12-,13-,14-,15+/m1/s1. The topological polar surface area (TPSA) is 75.7 Å². The molecule has 3 amide bonds. The molecule has 0 aromatic heterocycles. The van der Waals surface area contributed by atoms with Gasteiger partial charge in [0.05, 0.1) is 18.9 Å². The summed E-state index contributed by atoms with van der Waals surface area (Å²) in [6, 6.07) is 6.53. The molecule has 4 aliphatic rings. The van der Waals surface area contributed by atoms with Crippen molar-refractivity contribution in [3.63, 3.8) is 0 Å². The molecule has 2 bridgehead atoms. The quantitative estimate of drug-likeness (QED) is 0.670. The second-order valence-corrected chi connectivity index (χ2v) is 7.40. The number of allylic oxidation sites excluding steroid dienone is 2. The van der Waals surface area contributed by atoms with Crippen molar-refractivity contribution in [1.29, 1.82) is 0 Å². The third-order valence-electron chi connectivity index (χ3n) is 6.42. The van der Waals surface area contributed by atoms with Crippen LogP contribution in [0.15, 0.2) is 36.4 Å². The number of fused-ring (bicyclic) bond motifs is 3. The minimum absolute atomic E-state index is 0.154. The van der Waals surface area contributed by atoms with Crippen LogP contribution >= 0.6 is 0 Å². The van der Waals surface area contributed by atoms with Gasteiger partial charge in [0, 0.05) is 5.56 Å². The SMILES string of the molecule is COc1ccc(C(=O)NN2C(=O)[C@@H]3[C@H](C2=O)[C@H]2C=C[C@H]3C23CC3)cc1. The highest BCUT2D eigenvalue weighted by Gasteiger charge is 2.73. The summed E-state index contributed by atoms with van der Waals surface area (Å²) in [7, 11) is 1.55. The summed E-state index contributed by atoms with van der Waals surface area (Å²) < 4.78 is 5.07. The number of amides is 3. The van der Waals surface area contributed by atoms with E-state index in [0.29, 0.717) is 11.3 Å². The Kier molecular flexibility index (Phi) is 2.77. The Morgan fingerprint density at radius 2 is 1.64 bits per heavy atom. The Hall–Kier alpha value is -2.63. The van der Waals surface area contributed by atoms with E-state index in [1.807, 2.05) is 0 Å². The number of carbonyl (C=O) groups excluding carboxylic acids is 3. The number of nitrogens with one attached hydrogen (secondary N) is 1. The second kappa shape index (κ2) is 4.71. The zero-order valence-electron chi connectivity index (χ0n) is 13.8. The summed E-state index contributed by atoms with van der Waals surface area (Å²) >= 11 is 0. The number of hydrogen-bond donors (Lipinski definition) is 1. The van der Waals surface area contributed by atoms with Crippen LogP contribution in [-0.4, -0.2) is 29.8 Å². The minimum Gasteiger partial charge on any atom is -0.497 e. The maximum atomic E-state index is 12.8. The monoisotopic (exact) mass is 338 g/mol. The normalized spacial score (nSPS) is 33.1. The number of ether oxygens (including phenoxy) is 1. The van der Waals surface area contributed by atoms with Crippen LogP contribution < -0.4 is 10.2 Å². The molecule has 1 aromatic carbocycles. The van der Waals surface area contributed by atoms with Crippen LogP contribution in [0, 0.1) is 29.1 Å². The van der Waals surface area contributed by atoms with Crippen LogP contribution in [0.25, 0.3) is 0 Å². The van der Waals surface area contributed by atoms with Gasteiger partial charge in [0.2, 0.25) is 0 Å². The number of hydrogen-bond acceptors (Lipinski definition) is 4. The molecule has 1 heterocycles. The highest BCUT2D eigenvalue weighted by molar-refractivity contribution is 6.09. The lowest BCUT2D eigenvalue weighted by atomic mass is 9.85. The maximum absolute atomic E-state index is 12.8. The fourth-order valence-electron chi connectivity index (χ4n) is 5.10. The summed E-state index contributed by atoms with van der Waals surface area (Å²) in [5.41, 5.74) is 3.04. The van der Waals surface area contributed by atoms with Gasteiger partial charge in [-0.05, 0) is 54.4 Å². The first-order valence-electron chi connectivity index (χ1n) is 8.58. The Bertz CT molecular complexity index is 790. The molecule has 0 radical (unpaired) electrons. The van der Waals surface area contributed by atoms with Crippen LogP contribution in [0.5, 0.6) is 5.75 Å². The van der Waals surface area contributed by atoms with Crippen LogP contribution in [0.4, 0.5) is 0 Å². The Labute approximate surface area is 144 Å². The highest BCUT2D eigenvalue weighted by atomic mass is 16.5. The molecule has 6 heteroatoms. The van der Waals surface area contributed by atoms with Crippen LogP contribution in [0.3, 0.4) is 0 Å². The average molecular weight is 338 g/mol. The van der Waals surface area contributed by atoms with Gasteiger partial charge in [-0.15, -0.1) is 0 Å². The Morgan fingerprint density at radius 1 is 1.08 bits per heavy atom. The number of hydrazine groups is 1. The zero-order valence-corrected chi connectivity index (χ0v) is 13.8. The molecule has 1 spiro atoms. The lowest BCUT2D eigenvalue weighted by molar-refractivity contribution is -0.144. The predicted octanol–water partition coefficient (Wildman–Crippen LogP) is 1.54. The Morgan fingerprint density at radius 3 is 2.12 bits per heavy atom. The summed E-state index contributed by atoms with van der Waals surface area (Å²) in [4.78, 5) is 38.0. The molecule has 0 unspecified atom stereocenters. The van der Waals surface area contributed by atoms with Crippen molar-refractivity contribution in [3.05, 3.63) is 42.0 Å². The molecule has 3 fully saturated rings. The van der Waals surface area contributed by atoms with Crippen LogP contribution in [0.2, 0.25) is 0 Å². The molecule has 4 atom stereocenters. The highest BCUT2D eigenvalue weighted by Crippen LogP contribution is 2.73. The zero-order chi connectivity index (χ0) is 17.3. The van der Waals surface area contributed by atoms with E-state index in [0.717, 1.165) is 17.9 Å². The smallest absolute Gasteiger partial charge is 0.270 e. The van der Waals surface area contributed by atoms with Crippen molar-refractivity contribution >= 4 is 17.7 Å². The molecule has 1 aromatic rings. The predicted molar refractivity (Wildman–Crippen MR) is 87.1 cm³/mol.